The van der Waals surface area contributed by atoms with Crippen LogP contribution in [0.1, 0.15) is 19.4 Å². The van der Waals surface area contributed by atoms with Crippen molar-refractivity contribution >= 4 is 0 Å². The third-order valence-corrected chi connectivity index (χ3v) is 4.26. The zero-order valence-electron chi connectivity index (χ0n) is 11.7. The Hall–Kier alpha value is -1.53. The molecule has 1 saturated carbocycles. The van der Waals surface area contributed by atoms with Crippen molar-refractivity contribution in [1.82, 2.24) is 0 Å². The van der Waals surface area contributed by atoms with E-state index < -0.39 is 52.3 Å². The summed E-state index contributed by atoms with van der Waals surface area (Å²) in [5.41, 5.74) is -1.40. The van der Waals surface area contributed by atoms with E-state index in [0.29, 0.717) is 0 Å². The maximum atomic E-state index is 13.6. The van der Waals surface area contributed by atoms with E-state index >= 15 is 0 Å². The van der Waals surface area contributed by atoms with Gasteiger partial charge in [0.1, 0.15) is 0 Å². The van der Waals surface area contributed by atoms with Gasteiger partial charge in [-0.05, 0) is 23.7 Å². The SMILES string of the molecule is CC1(C)C(C=CC(F)(F)F)C1Cc1c(F)c(F)cc(F)c1F. The highest BCUT2D eigenvalue weighted by Crippen LogP contribution is 2.60. The summed E-state index contributed by atoms with van der Waals surface area (Å²) in [7, 11) is 0. The fourth-order valence-corrected chi connectivity index (χ4v) is 2.79. The van der Waals surface area contributed by atoms with Crippen molar-refractivity contribution in [2.75, 3.05) is 0 Å². The number of benzene rings is 1. The molecule has 1 aromatic carbocycles. The van der Waals surface area contributed by atoms with Gasteiger partial charge >= 0.3 is 6.18 Å². The second-order valence-corrected chi connectivity index (χ2v) is 6.01. The molecule has 0 nitrogen and oxygen atoms in total. The maximum absolute atomic E-state index is 13.6. The average Bonchev–Trinajstić information content (AvgIpc) is 2.89. The van der Waals surface area contributed by atoms with E-state index in [9.17, 15) is 30.7 Å². The molecule has 1 fully saturated rings. The van der Waals surface area contributed by atoms with Gasteiger partial charge in [-0.25, -0.2) is 17.6 Å². The molecule has 0 heterocycles. The smallest absolute Gasteiger partial charge is 0.204 e. The van der Waals surface area contributed by atoms with Gasteiger partial charge in [-0.1, -0.05) is 19.9 Å². The molecule has 0 aromatic heterocycles. The van der Waals surface area contributed by atoms with E-state index in [4.69, 9.17) is 0 Å². The van der Waals surface area contributed by atoms with Crippen LogP contribution >= 0.6 is 0 Å². The first kappa shape index (κ1) is 16.8. The zero-order chi connectivity index (χ0) is 16.9. The van der Waals surface area contributed by atoms with Crippen LogP contribution in [0, 0.1) is 40.5 Å². The summed E-state index contributed by atoms with van der Waals surface area (Å²) in [4.78, 5) is 0. The molecule has 1 aromatic rings. The van der Waals surface area contributed by atoms with Crippen molar-refractivity contribution in [2.24, 2.45) is 17.3 Å². The second-order valence-electron chi connectivity index (χ2n) is 6.01. The van der Waals surface area contributed by atoms with Crippen molar-refractivity contribution in [3.63, 3.8) is 0 Å². The standard InChI is InChI=1S/C15H13F7/c1-14(2)8(3-4-15(20,21)22)9(14)5-7-12(18)10(16)6-11(17)13(7)19/h3-4,6,8-9H,5H2,1-2H3. The lowest BCUT2D eigenvalue weighted by atomic mass is 10.0. The molecule has 2 rings (SSSR count). The molecule has 7 heteroatoms. The van der Waals surface area contributed by atoms with Crippen LogP contribution in [0.3, 0.4) is 0 Å². The zero-order valence-corrected chi connectivity index (χ0v) is 11.7. The van der Waals surface area contributed by atoms with E-state index in [1.54, 1.807) is 13.8 Å². The summed E-state index contributed by atoms with van der Waals surface area (Å²) in [5, 5.41) is 0. The first-order valence-corrected chi connectivity index (χ1v) is 6.53. The third-order valence-electron chi connectivity index (χ3n) is 4.26. The van der Waals surface area contributed by atoms with Crippen LogP contribution < -0.4 is 0 Å². The molecule has 22 heavy (non-hydrogen) atoms. The lowest BCUT2D eigenvalue weighted by Gasteiger charge is -2.07. The van der Waals surface area contributed by atoms with Crippen LogP contribution in [0.4, 0.5) is 30.7 Å². The number of rotatable bonds is 3. The average molecular weight is 326 g/mol. The first-order chi connectivity index (χ1) is 9.95. The highest BCUT2D eigenvalue weighted by Gasteiger charge is 2.56. The molecule has 0 aliphatic heterocycles. The number of hydrogen-bond acceptors (Lipinski definition) is 0. The van der Waals surface area contributed by atoms with Gasteiger partial charge in [0.15, 0.2) is 23.3 Å². The number of halogens is 7. The van der Waals surface area contributed by atoms with Gasteiger partial charge in [0.2, 0.25) is 0 Å². The Labute approximate surface area is 122 Å². The van der Waals surface area contributed by atoms with E-state index in [0.717, 1.165) is 6.08 Å². The minimum Gasteiger partial charge on any atom is -0.204 e. The summed E-state index contributed by atoms with van der Waals surface area (Å²) in [5.74, 6) is -7.14. The van der Waals surface area contributed by atoms with Crippen molar-refractivity contribution in [1.29, 1.82) is 0 Å². The van der Waals surface area contributed by atoms with Crippen LogP contribution in [0.25, 0.3) is 0 Å². The minimum atomic E-state index is -4.48. The largest absolute Gasteiger partial charge is 0.409 e. The van der Waals surface area contributed by atoms with Gasteiger partial charge in [0, 0.05) is 17.7 Å². The summed E-state index contributed by atoms with van der Waals surface area (Å²) >= 11 is 0. The molecule has 2 unspecified atom stereocenters. The van der Waals surface area contributed by atoms with Gasteiger partial charge in [0.05, 0.1) is 0 Å². The summed E-state index contributed by atoms with van der Waals surface area (Å²) in [6, 6.07) is 0.104. The molecular weight excluding hydrogens is 313 g/mol. The van der Waals surface area contributed by atoms with Gasteiger partial charge in [-0.15, -0.1) is 0 Å². The number of allylic oxidation sites excluding steroid dienone is 2. The van der Waals surface area contributed by atoms with Crippen LogP contribution in [0.5, 0.6) is 0 Å². The summed E-state index contributed by atoms with van der Waals surface area (Å²) < 4.78 is 90.0. The molecular formula is C15H13F7. The Balaban J connectivity index is 2.24. The quantitative estimate of drug-likeness (QED) is 0.408. The topological polar surface area (TPSA) is 0 Å². The van der Waals surface area contributed by atoms with Crippen molar-refractivity contribution < 1.29 is 30.7 Å². The molecule has 0 N–H and O–H groups in total. The van der Waals surface area contributed by atoms with E-state index in [-0.39, 0.29) is 18.6 Å². The fourth-order valence-electron chi connectivity index (χ4n) is 2.79. The Kier molecular flexibility index (Phi) is 4.04. The lowest BCUT2D eigenvalue weighted by Crippen LogP contribution is -2.05. The highest BCUT2D eigenvalue weighted by atomic mass is 19.4. The predicted octanol–water partition coefficient (Wildman–Crippen LogP) is 5.18. The Morgan fingerprint density at radius 2 is 1.55 bits per heavy atom. The second kappa shape index (κ2) is 5.28. The third kappa shape index (κ3) is 3.13. The van der Waals surface area contributed by atoms with E-state index in [2.05, 4.69) is 0 Å². The highest BCUT2D eigenvalue weighted by molar-refractivity contribution is 5.27. The first-order valence-electron chi connectivity index (χ1n) is 6.53. The van der Waals surface area contributed by atoms with Crippen molar-refractivity contribution in [3.05, 3.63) is 47.1 Å². The van der Waals surface area contributed by atoms with Gasteiger partial charge in [-0.3, -0.25) is 0 Å². The fraction of sp³-hybridized carbons (Fsp3) is 0.467. The molecule has 0 bridgehead atoms. The van der Waals surface area contributed by atoms with Crippen molar-refractivity contribution in [2.45, 2.75) is 26.4 Å². The Morgan fingerprint density at radius 1 is 1.05 bits per heavy atom. The predicted molar refractivity (Wildman–Crippen MR) is 65.9 cm³/mol. The lowest BCUT2D eigenvalue weighted by molar-refractivity contribution is -0.0801. The van der Waals surface area contributed by atoms with Crippen molar-refractivity contribution in [3.8, 4) is 0 Å². The monoisotopic (exact) mass is 326 g/mol. The maximum Gasteiger partial charge on any atom is 0.409 e. The Morgan fingerprint density at radius 3 is 2.00 bits per heavy atom. The van der Waals surface area contributed by atoms with Gasteiger partial charge in [0.25, 0.3) is 0 Å². The van der Waals surface area contributed by atoms with Crippen LogP contribution in [0.15, 0.2) is 18.2 Å². The van der Waals surface area contributed by atoms with E-state index in [1.165, 1.54) is 0 Å². The molecule has 0 amide bonds. The normalized spacial score (nSPS) is 24.0. The summed E-state index contributed by atoms with van der Waals surface area (Å²) in [6.07, 6.45) is -3.86. The van der Waals surface area contributed by atoms with Crippen LogP contribution in [0.2, 0.25) is 0 Å². The van der Waals surface area contributed by atoms with Gasteiger partial charge < -0.3 is 0 Å². The number of alkyl halides is 3. The summed E-state index contributed by atoms with van der Waals surface area (Å²) in [6.45, 7) is 3.27. The molecule has 1 aliphatic carbocycles. The van der Waals surface area contributed by atoms with E-state index in [1.807, 2.05) is 0 Å². The molecule has 122 valence electrons. The minimum absolute atomic E-state index is 0.0677. The molecule has 0 spiro atoms. The molecule has 0 saturated heterocycles. The van der Waals surface area contributed by atoms with Crippen LogP contribution in [-0.4, -0.2) is 6.18 Å². The van der Waals surface area contributed by atoms with Crippen LogP contribution in [-0.2, 0) is 6.42 Å². The molecule has 2 atom stereocenters. The molecule has 1 aliphatic rings. The molecule has 0 radical (unpaired) electrons. The Bertz CT molecular complexity index is 587. The number of hydrogen-bond donors (Lipinski definition) is 0. The van der Waals surface area contributed by atoms with Gasteiger partial charge in [-0.2, -0.15) is 13.2 Å².